The molecule has 1 aromatic heterocycles. The zero-order valence-corrected chi connectivity index (χ0v) is 14.6. The van der Waals surface area contributed by atoms with Crippen molar-refractivity contribution in [1.82, 2.24) is 15.8 Å². The Bertz CT molecular complexity index is 899. The molecule has 0 atom stereocenters. The van der Waals surface area contributed by atoms with E-state index in [1.54, 1.807) is 12.1 Å². The van der Waals surface area contributed by atoms with Crippen molar-refractivity contribution < 1.29 is 14.3 Å². The largest absolute Gasteiger partial charge is 0.483 e. The Morgan fingerprint density at radius 2 is 1.56 bits per heavy atom. The Kier molecular flexibility index (Phi) is 6.14. The number of amides is 2. The third-order valence-electron chi connectivity index (χ3n) is 3.83. The number of para-hydroxylation sites is 1. The normalized spacial score (nSPS) is 10.1. The minimum atomic E-state index is -0.452. The summed E-state index contributed by atoms with van der Waals surface area (Å²) in [7, 11) is 0. The molecule has 0 spiro atoms. The summed E-state index contributed by atoms with van der Waals surface area (Å²) in [5.41, 5.74) is 7.22. The molecule has 0 unspecified atom stereocenters. The molecule has 1 heterocycles. The van der Waals surface area contributed by atoms with Gasteiger partial charge in [0.1, 0.15) is 5.75 Å². The quantitative estimate of drug-likeness (QED) is 0.661. The highest BCUT2D eigenvalue weighted by atomic mass is 16.5. The first-order valence-corrected chi connectivity index (χ1v) is 8.46. The van der Waals surface area contributed by atoms with Crippen LogP contribution in [0, 0.1) is 0 Å². The molecule has 0 fully saturated rings. The van der Waals surface area contributed by atoms with Crippen LogP contribution in [-0.4, -0.2) is 23.4 Å². The first kappa shape index (κ1) is 18.1. The van der Waals surface area contributed by atoms with Crippen LogP contribution in [0.5, 0.6) is 5.75 Å². The summed E-state index contributed by atoms with van der Waals surface area (Å²) in [6, 6.07) is 20.7. The minimum absolute atomic E-state index is 0.206. The lowest BCUT2D eigenvalue weighted by molar-refractivity contribution is -0.123. The van der Waals surface area contributed by atoms with Gasteiger partial charge >= 0.3 is 0 Å². The fraction of sp³-hybridized carbons (Fsp3) is 0.0952. The smallest absolute Gasteiger partial charge is 0.276 e. The van der Waals surface area contributed by atoms with Crippen molar-refractivity contribution in [2.75, 3.05) is 6.61 Å². The minimum Gasteiger partial charge on any atom is -0.483 e. The standard InChI is InChI=1S/C21H19N3O3/c25-20(23-24-21(26)17-10-12-22-13-11-17)15-27-19-9-5-4-8-18(19)14-16-6-2-1-3-7-16/h1-13H,14-15H2,(H,23,25)(H,24,26). The third-order valence-corrected chi connectivity index (χ3v) is 3.83. The maximum absolute atomic E-state index is 12.0. The number of rotatable bonds is 6. The maximum atomic E-state index is 12.0. The molecular formula is C21H19N3O3. The number of hydrogen-bond donors (Lipinski definition) is 2. The number of pyridine rings is 1. The Morgan fingerprint density at radius 3 is 2.33 bits per heavy atom. The highest BCUT2D eigenvalue weighted by molar-refractivity contribution is 5.95. The predicted octanol–water partition coefficient (Wildman–Crippen LogP) is 2.51. The summed E-state index contributed by atoms with van der Waals surface area (Å²) in [6.45, 7) is -0.206. The molecule has 3 rings (SSSR count). The van der Waals surface area contributed by atoms with E-state index in [9.17, 15) is 9.59 Å². The van der Waals surface area contributed by atoms with Crippen LogP contribution in [0.2, 0.25) is 0 Å². The second-order valence-electron chi connectivity index (χ2n) is 5.80. The molecule has 0 saturated heterocycles. The van der Waals surface area contributed by atoms with Crippen LogP contribution in [-0.2, 0) is 11.2 Å². The summed E-state index contributed by atoms with van der Waals surface area (Å²) in [6.07, 6.45) is 3.71. The molecule has 0 radical (unpaired) electrons. The van der Waals surface area contributed by atoms with Crippen molar-refractivity contribution in [3.05, 3.63) is 95.8 Å². The number of benzene rings is 2. The van der Waals surface area contributed by atoms with Gasteiger partial charge in [-0.15, -0.1) is 0 Å². The number of hydrazine groups is 1. The fourth-order valence-electron chi connectivity index (χ4n) is 2.49. The Balaban J connectivity index is 1.52. The number of carbonyl (C=O) groups is 2. The fourth-order valence-corrected chi connectivity index (χ4v) is 2.49. The van der Waals surface area contributed by atoms with Crippen LogP contribution in [0.25, 0.3) is 0 Å². The molecule has 0 saturated carbocycles. The monoisotopic (exact) mass is 361 g/mol. The summed E-state index contributed by atoms with van der Waals surface area (Å²) in [4.78, 5) is 27.7. The molecule has 27 heavy (non-hydrogen) atoms. The van der Waals surface area contributed by atoms with Crippen LogP contribution in [0.3, 0.4) is 0 Å². The van der Waals surface area contributed by atoms with Gasteiger partial charge in [0.2, 0.25) is 0 Å². The van der Waals surface area contributed by atoms with E-state index in [4.69, 9.17) is 4.74 Å². The van der Waals surface area contributed by atoms with Crippen molar-refractivity contribution in [3.63, 3.8) is 0 Å². The Morgan fingerprint density at radius 1 is 0.852 bits per heavy atom. The summed E-state index contributed by atoms with van der Waals surface area (Å²) < 4.78 is 5.64. The third kappa shape index (κ3) is 5.40. The summed E-state index contributed by atoms with van der Waals surface area (Å²) in [5.74, 6) is -0.237. The van der Waals surface area contributed by atoms with Gasteiger partial charge in [0.25, 0.3) is 11.8 Å². The number of nitrogens with one attached hydrogen (secondary N) is 2. The average molecular weight is 361 g/mol. The molecule has 2 N–H and O–H groups in total. The van der Waals surface area contributed by atoms with Crippen molar-refractivity contribution in [2.45, 2.75) is 6.42 Å². The van der Waals surface area contributed by atoms with Crippen LogP contribution in [0.15, 0.2) is 79.1 Å². The van der Waals surface area contributed by atoms with E-state index in [0.717, 1.165) is 11.1 Å². The van der Waals surface area contributed by atoms with Gasteiger partial charge in [-0.1, -0.05) is 48.5 Å². The van der Waals surface area contributed by atoms with Gasteiger partial charge < -0.3 is 4.74 Å². The van der Waals surface area contributed by atoms with Gasteiger partial charge in [-0.25, -0.2) is 0 Å². The SMILES string of the molecule is O=C(COc1ccccc1Cc1ccccc1)NNC(=O)c1ccncc1. The molecule has 0 aliphatic carbocycles. The van der Waals surface area contributed by atoms with E-state index in [0.29, 0.717) is 17.7 Å². The lowest BCUT2D eigenvalue weighted by Crippen LogP contribution is -2.43. The number of nitrogens with zero attached hydrogens (tertiary/aromatic N) is 1. The average Bonchev–Trinajstić information content (AvgIpc) is 2.73. The maximum Gasteiger partial charge on any atom is 0.276 e. The van der Waals surface area contributed by atoms with E-state index in [1.807, 2.05) is 54.6 Å². The molecular weight excluding hydrogens is 342 g/mol. The molecule has 3 aromatic rings. The van der Waals surface area contributed by atoms with Crippen LogP contribution < -0.4 is 15.6 Å². The van der Waals surface area contributed by atoms with E-state index in [2.05, 4.69) is 15.8 Å². The van der Waals surface area contributed by atoms with E-state index in [-0.39, 0.29) is 6.61 Å². The van der Waals surface area contributed by atoms with Crippen LogP contribution in [0.4, 0.5) is 0 Å². The Labute approximate surface area is 157 Å². The summed E-state index contributed by atoms with van der Waals surface area (Å²) >= 11 is 0. The topological polar surface area (TPSA) is 80.3 Å². The zero-order valence-electron chi connectivity index (χ0n) is 14.6. The highest BCUT2D eigenvalue weighted by Gasteiger charge is 2.09. The predicted molar refractivity (Wildman–Crippen MR) is 101 cm³/mol. The van der Waals surface area contributed by atoms with Gasteiger partial charge in [-0.05, 0) is 29.3 Å². The van der Waals surface area contributed by atoms with Crippen LogP contribution >= 0.6 is 0 Å². The van der Waals surface area contributed by atoms with Crippen molar-refractivity contribution in [1.29, 1.82) is 0 Å². The van der Waals surface area contributed by atoms with Crippen molar-refractivity contribution in [2.24, 2.45) is 0 Å². The number of ether oxygens (including phenoxy) is 1. The number of aromatic nitrogens is 1. The molecule has 0 aliphatic rings. The van der Waals surface area contributed by atoms with Gasteiger partial charge in [-0.3, -0.25) is 25.4 Å². The van der Waals surface area contributed by atoms with Crippen LogP contribution in [0.1, 0.15) is 21.5 Å². The van der Waals surface area contributed by atoms with Gasteiger partial charge in [0.15, 0.2) is 6.61 Å². The van der Waals surface area contributed by atoms with Gasteiger partial charge in [0, 0.05) is 24.4 Å². The molecule has 0 bridgehead atoms. The van der Waals surface area contributed by atoms with E-state index < -0.39 is 11.8 Å². The second kappa shape index (κ2) is 9.15. The second-order valence-corrected chi connectivity index (χ2v) is 5.80. The molecule has 6 heteroatoms. The van der Waals surface area contributed by atoms with E-state index >= 15 is 0 Å². The first-order valence-electron chi connectivity index (χ1n) is 8.46. The molecule has 2 aromatic carbocycles. The molecule has 6 nitrogen and oxygen atoms in total. The zero-order chi connectivity index (χ0) is 18.9. The number of carbonyl (C=O) groups excluding carboxylic acids is 2. The van der Waals surface area contributed by atoms with Crippen molar-refractivity contribution >= 4 is 11.8 Å². The van der Waals surface area contributed by atoms with Crippen molar-refractivity contribution in [3.8, 4) is 5.75 Å². The van der Waals surface area contributed by atoms with Gasteiger partial charge in [0.05, 0.1) is 0 Å². The summed E-state index contributed by atoms with van der Waals surface area (Å²) in [5, 5.41) is 0. The van der Waals surface area contributed by atoms with E-state index in [1.165, 1.54) is 12.4 Å². The van der Waals surface area contributed by atoms with Gasteiger partial charge in [-0.2, -0.15) is 0 Å². The Hall–Kier alpha value is -3.67. The highest BCUT2D eigenvalue weighted by Crippen LogP contribution is 2.21. The molecule has 136 valence electrons. The molecule has 0 aliphatic heterocycles. The lowest BCUT2D eigenvalue weighted by atomic mass is 10.0. The molecule has 2 amide bonds. The number of hydrogen-bond acceptors (Lipinski definition) is 4. The lowest BCUT2D eigenvalue weighted by Gasteiger charge is -2.12. The first-order chi connectivity index (χ1) is 13.2.